The molecule has 7 heteroatoms. The summed E-state index contributed by atoms with van der Waals surface area (Å²) >= 11 is 8.17. The van der Waals surface area contributed by atoms with E-state index in [1.165, 1.54) is 6.07 Å². The average Bonchev–Trinajstić information content (AvgIpc) is 2.79. The second-order valence-corrected chi connectivity index (χ2v) is 6.46. The Morgan fingerprint density at radius 2 is 2.24 bits per heavy atom. The van der Waals surface area contributed by atoms with Crippen molar-refractivity contribution in [3.63, 3.8) is 0 Å². The molecule has 1 aromatic carbocycles. The lowest BCUT2D eigenvalue weighted by molar-refractivity contribution is 0.620. The summed E-state index contributed by atoms with van der Waals surface area (Å²) in [5.41, 5.74) is 2.21. The number of benzene rings is 1. The van der Waals surface area contributed by atoms with Crippen molar-refractivity contribution in [3.05, 3.63) is 51.4 Å². The van der Waals surface area contributed by atoms with E-state index in [0.717, 1.165) is 11.2 Å². The fourth-order valence-electron chi connectivity index (χ4n) is 2.19. The Kier molecular flexibility index (Phi) is 4.08. The van der Waals surface area contributed by atoms with Gasteiger partial charge in [-0.2, -0.15) is 10.2 Å². The predicted octanol–water partition coefficient (Wildman–Crippen LogP) is 3.92. The fraction of sp³-hybridized carbons (Fsp3) is 0.214. The summed E-state index contributed by atoms with van der Waals surface area (Å²) in [6.45, 7) is 2.30. The van der Waals surface area contributed by atoms with Crippen LogP contribution in [0, 0.1) is 9.39 Å². The number of hydrogen-bond acceptors (Lipinski definition) is 3. The lowest BCUT2D eigenvalue weighted by Crippen LogP contribution is -2.07. The van der Waals surface area contributed by atoms with E-state index in [0.29, 0.717) is 21.5 Å². The van der Waals surface area contributed by atoms with Crippen LogP contribution < -0.4 is 0 Å². The maximum atomic E-state index is 13.9. The molecule has 0 aliphatic rings. The topological polar surface area (TPSA) is 43.6 Å². The van der Waals surface area contributed by atoms with Crippen LogP contribution in [0.3, 0.4) is 0 Å². The summed E-state index contributed by atoms with van der Waals surface area (Å²) in [5, 5.41) is 7.64. The van der Waals surface area contributed by atoms with E-state index >= 15 is 0 Å². The van der Waals surface area contributed by atoms with E-state index in [9.17, 15) is 4.39 Å². The molecule has 0 spiro atoms. The molecule has 3 aromatic rings. The molecule has 0 fully saturated rings. The molecule has 0 N–H and O–H groups in total. The smallest absolute Gasteiger partial charge is 0.138 e. The van der Waals surface area contributed by atoms with Gasteiger partial charge in [0.1, 0.15) is 11.6 Å². The van der Waals surface area contributed by atoms with E-state index in [2.05, 4.69) is 15.2 Å². The quantitative estimate of drug-likeness (QED) is 0.480. The number of alkyl halides is 1. The van der Waals surface area contributed by atoms with Gasteiger partial charge >= 0.3 is 0 Å². The Morgan fingerprint density at radius 3 is 2.90 bits per heavy atom. The molecule has 3 rings (SSSR count). The average molecular weight is 417 g/mol. The molecule has 1 atom stereocenters. The molecular formula is C14H11ClFIN4. The van der Waals surface area contributed by atoms with Crippen LogP contribution in [0.4, 0.5) is 4.39 Å². The Bertz CT molecular complexity index is 789. The van der Waals surface area contributed by atoms with Gasteiger partial charge in [0.15, 0.2) is 0 Å². The second-order valence-electron chi connectivity index (χ2n) is 4.64. The summed E-state index contributed by atoms with van der Waals surface area (Å²) in [7, 11) is 0. The molecule has 0 aliphatic carbocycles. The van der Waals surface area contributed by atoms with Crippen molar-refractivity contribution in [2.24, 2.45) is 0 Å². The highest BCUT2D eigenvalue weighted by Crippen LogP contribution is 2.27. The molecule has 108 valence electrons. The van der Waals surface area contributed by atoms with Crippen LogP contribution in [0.5, 0.6) is 0 Å². The zero-order valence-electron chi connectivity index (χ0n) is 11.1. The summed E-state index contributed by atoms with van der Waals surface area (Å²) in [5.74, 6) is 0.427. The molecule has 0 amide bonds. The molecule has 0 radical (unpaired) electrons. The van der Waals surface area contributed by atoms with Gasteiger partial charge in [-0.15, -0.1) is 11.6 Å². The Morgan fingerprint density at radius 1 is 1.43 bits per heavy atom. The lowest BCUT2D eigenvalue weighted by Gasteiger charge is -2.09. The number of rotatable bonds is 3. The monoisotopic (exact) mass is 416 g/mol. The molecule has 2 aromatic heterocycles. The number of halogens is 3. The predicted molar refractivity (Wildman–Crippen MR) is 87.8 cm³/mol. The third-order valence-corrected chi connectivity index (χ3v) is 4.15. The van der Waals surface area contributed by atoms with Crippen molar-refractivity contribution in [2.75, 3.05) is 0 Å². The minimum atomic E-state index is -0.283. The molecule has 4 nitrogen and oxygen atoms in total. The van der Waals surface area contributed by atoms with Gasteiger partial charge in [-0.25, -0.2) is 9.37 Å². The van der Waals surface area contributed by atoms with E-state index in [-0.39, 0.29) is 11.2 Å². The Balaban J connectivity index is 2.18. The largest absolute Gasteiger partial charge is 0.320 e. The highest BCUT2D eigenvalue weighted by atomic mass is 127. The molecule has 21 heavy (non-hydrogen) atoms. The molecule has 2 heterocycles. The summed E-state index contributed by atoms with van der Waals surface area (Å²) in [6.07, 6.45) is 1.61. The van der Waals surface area contributed by atoms with Gasteiger partial charge in [-0.1, -0.05) is 0 Å². The first-order chi connectivity index (χ1) is 10.1. The number of hydrogen-bond donors (Lipinski definition) is 0. The first-order valence-corrected chi connectivity index (χ1v) is 7.83. The van der Waals surface area contributed by atoms with Gasteiger partial charge in [0.25, 0.3) is 0 Å². The third-order valence-electron chi connectivity index (χ3n) is 3.12. The van der Waals surface area contributed by atoms with Gasteiger partial charge in [-0.3, -0.25) is 0 Å². The van der Waals surface area contributed by atoms with Crippen molar-refractivity contribution < 1.29 is 4.39 Å². The Labute approximate surface area is 139 Å². The standard InChI is InChI=1S/C14H11ClFIN4/c1-8(15)14-19-12-6-11(17)10(16)5-13(12)21(14)7-9-3-2-4-18-20-9/h2-6,8H,7H2,1H3. The molecule has 0 saturated heterocycles. The minimum Gasteiger partial charge on any atom is -0.320 e. The van der Waals surface area contributed by atoms with E-state index in [1.807, 2.05) is 46.2 Å². The van der Waals surface area contributed by atoms with Gasteiger partial charge in [-0.05, 0) is 47.7 Å². The maximum Gasteiger partial charge on any atom is 0.138 e. The van der Waals surface area contributed by atoms with E-state index in [4.69, 9.17) is 11.6 Å². The van der Waals surface area contributed by atoms with E-state index < -0.39 is 0 Å². The van der Waals surface area contributed by atoms with Crippen LogP contribution in [0.2, 0.25) is 0 Å². The number of imidazole rings is 1. The van der Waals surface area contributed by atoms with Crippen LogP contribution in [0.1, 0.15) is 23.8 Å². The van der Waals surface area contributed by atoms with Gasteiger partial charge < -0.3 is 4.57 Å². The second kappa shape index (κ2) is 5.84. The molecule has 0 aliphatic heterocycles. The summed E-state index contributed by atoms with van der Waals surface area (Å²) in [6, 6.07) is 6.89. The van der Waals surface area contributed by atoms with Gasteiger partial charge in [0.2, 0.25) is 0 Å². The zero-order chi connectivity index (χ0) is 15.0. The van der Waals surface area contributed by atoms with Crippen molar-refractivity contribution in [1.29, 1.82) is 0 Å². The van der Waals surface area contributed by atoms with Crippen LogP contribution in [0.15, 0.2) is 30.5 Å². The van der Waals surface area contributed by atoms with Gasteiger partial charge in [0, 0.05) is 12.3 Å². The first-order valence-electron chi connectivity index (χ1n) is 6.32. The lowest BCUT2D eigenvalue weighted by atomic mass is 10.3. The van der Waals surface area contributed by atoms with Crippen LogP contribution in [0.25, 0.3) is 11.0 Å². The minimum absolute atomic E-state index is 0.267. The fourth-order valence-corrected chi connectivity index (χ4v) is 2.81. The number of fused-ring (bicyclic) bond motifs is 1. The van der Waals surface area contributed by atoms with Crippen LogP contribution in [-0.4, -0.2) is 19.7 Å². The number of aromatic nitrogens is 4. The highest BCUT2D eigenvalue weighted by molar-refractivity contribution is 14.1. The van der Waals surface area contributed by atoms with E-state index in [1.54, 1.807) is 12.3 Å². The van der Waals surface area contributed by atoms with Gasteiger partial charge in [0.05, 0.1) is 32.2 Å². The SMILES string of the molecule is CC(Cl)c1nc2cc(I)c(F)cc2n1Cc1cccnn1. The van der Waals surface area contributed by atoms with Crippen LogP contribution >= 0.6 is 34.2 Å². The van der Waals surface area contributed by atoms with Crippen LogP contribution in [-0.2, 0) is 6.54 Å². The summed E-state index contributed by atoms with van der Waals surface area (Å²) < 4.78 is 16.3. The normalized spacial score (nSPS) is 12.8. The molecule has 0 bridgehead atoms. The first kappa shape index (κ1) is 14.6. The third kappa shape index (κ3) is 2.87. The van der Waals surface area contributed by atoms with Crippen molar-refractivity contribution in [1.82, 2.24) is 19.7 Å². The molecule has 0 saturated carbocycles. The highest BCUT2D eigenvalue weighted by Gasteiger charge is 2.17. The molecule has 1 unspecified atom stereocenters. The van der Waals surface area contributed by atoms with Crippen molar-refractivity contribution >= 4 is 45.2 Å². The zero-order valence-corrected chi connectivity index (χ0v) is 14.0. The maximum absolute atomic E-state index is 13.9. The van der Waals surface area contributed by atoms with Crippen molar-refractivity contribution in [3.8, 4) is 0 Å². The Hall–Kier alpha value is -1.28. The summed E-state index contributed by atoms with van der Waals surface area (Å²) in [4.78, 5) is 4.52. The number of nitrogens with zero attached hydrogens (tertiary/aromatic N) is 4. The van der Waals surface area contributed by atoms with Crippen molar-refractivity contribution in [2.45, 2.75) is 18.8 Å². The molecular weight excluding hydrogens is 406 g/mol.